The highest BCUT2D eigenvalue weighted by molar-refractivity contribution is 5.61. The average Bonchev–Trinajstić information content (AvgIpc) is 3.33. The van der Waals surface area contributed by atoms with Gasteiger partial charge in [-0.05, 0) is 43.5 Å². The Morgan fingerprint density at radius 2 is 1.68 bits per heavy atom. The Kier molecular flexibility index (Phi) is 5.96. The maximum Gasteiger partial charge on any atom is 0.471 e. The zero-order valence-electron chi connectivity index (χ0n) is 16.5. The van der Waals surface area contributed by atoms with Crippen molar-refractivity contribution < 1.29 is 35.6 Å². The predicted octanol–water partition coefficient (Wildman–Crippen LogP) is 5.08. The summed E-state index contributed by atoms with van der Waals surface area (Å²) in [6.45, 7) is 5.13. The van der Waals surface area contributed by atoms with Gasteiger partial charge in [0.25, 0.3) is 5.82 Å². The van der Waals surface area contributed by atoms with Gasteiger partial charge in [0.1, 0.15) is 11.6 Å². The van der Waals surface area contributed by atoms with Gasteiger partial charge in [0.05, 0.1) is 12.5 Å². The monoisotopic (exact) mass is 449 g/mol. The van der Waals surface area contributed by atoms with Gasteiger partial charge in [-0.1, -0.05) is 12.1 Å². The molecule has 7 nitrogen and oxygen atoms in total. The summed E-state index contributed by atoms with van der Waals surface area (Å²) in [6.07, 6.45) is -8.97. The average molecular weight is 449 g/mol. The number of H-pyrrole nitrogens is 1. The molecular formula is C18H17F6N5O2. The molecule has 3 aromatic rings. The van der Waals surface area contributed by atoms with E-state index in [4.69, 9.17) is 4.74 Å². The number of alkyl halides is 6. The Bertz CT molecular complexity index is 1030. The molecule has 0 aliphatic heterocycles. The molecule has 31 heavy (non-hydrogen) atoms. The molecule has 0 fully saturated rings. The van der Waals surface area contributed by atoms with Crippen LogP contribution in [0.15, 0.2) is 16.7 Å². The number of benzene rings is 1. The van der Waals surface area contributed by atoms with Crippen molar-refractivity contribution in [3.63, 3.8) is 0 Å². The Morgan fingerprint density at radius 1 is 1.03 bits per heavy atom. The van der Waals surface area contributed by atoms with E-state index in [2.05, 4.69) is 29.8 Å². The van der Waals surface area contributed by atoms with Crippen LogP contribution in [0.1, 0.15) is 47.9 Å². The molecule has 0 aliphatic rings. The van der Waals surface area contributed by atoms with Crippen molar-refractivity contribution >= 4 is 0 Å². The first-order valence-electron chi connectivity index (χ1n) is 9.05. The van der Waals surface area contributed by atoms with Crippen molar-refractivity contribution in [1.82, 2.24) is 25.3 Å². The van der Waals surface area contributed by atoms with E-state index >= 15 is 0 Å². The molecule has 2 aromatic heterocycles. The van der Waals surface area contributed by atoms with Gasteiger partial charge >= 0.3 is 18.2 Å². The fourth-order valence-electron chi connectivity index (χ4n) is 2.92. The number of ether oxygens (including phenoxy) is 1. The molecule has 0 radical (unpaired) electrons. The lowest BCUT2D eigenvalue weighted by molar-refractivity contribution is -0.159. The number of nitrogens with zero attached hydrogens (tertiary/aromatic N) is 4. The summed E-state index contributed by atoms with van der Waals surface area (Å²) in [7, 11) is 0. The molecule has 0 saturated heterocycles. The van der Waals surface area contributed by atoms with Crippen molar-refractivity contribution in [3.8, 4) is 17.1 Å². The minimum atomic E-state index is -4.75. The van der Waals surface area contributed by atoms with Crippen LogP contribution in [0, 0.1) is 13.8 Å². The van der Waals surface area contributed by atoms with Crippen LogP contribution < -0.4 is 4.74 Å². The summed E-state index contributed by atoms with van der Waals surface area (Å²) < 4.78 is 86.2. The first kappa shape index (κ1) is 22.6. The van der Waals surface area contributed by atoms with E-state index in [0.29, 0.717) is 28.9 Å². The van der Waals surface area contributed by atoms with Crippen LogP contribution in [0.2, 0.25) is 0 Å². The highest BCUT2D eigenvalue weighted by atomic mass is 19.4. The summed E-state index contributed by atoms with van der Waals surface area (Å²) >= 11 is 0. The number of hydrogen-bond acceptors (Lipinski definition) is 6. The zero-order chi connectivity index (χ0) is 23.0. The molecular weight excluding hydrogens is 432 g/mol. The highest BCUT2D eigenvalue weighted by Crippen LogP contribution is 2.33. The third kappa shape index (κ3) is 4.97. The van der Waals surface area contributed by atoms with Gasteiger partial charge in [0, 0.05) is 5.56 Å². The first-order chi connectivity index (χ1) is 14.4. The Labute approximate surface area is 171 Å². The normalized spacial score (nSPS) is 13.5. The second kappa shape index (κ2) is 8.19. The zero-order valence-corrected chi connectivity index (χ0v) is 16.5. The summed E-state index contributed by atoms with van der Waals surface area (Å²) in [4.78, 5) is 6.85. The predicted molar refractivity (Wildman–Crippen MR) is 94.1 cm³/mol. The molecule has 3 rings (SSSR count). The lowest BCUT2D eigenvalue weighted by Crippen LogP contribution is -2.13. The van der Waals surface area contributed by atoms with Crippen LogP contribution in [0.5, 0.6) is 5.75 Å². The van der Waals surface area contributed by atoms with E-state index in [1.54, 1.807) is 20.8 Å². The summed E-state index contributed by atoms with van der Waals surface area (Å²) in [5, 5.41) is 8.84. The first-order valence-corrected chi connectivity index (χ1v) is 9.05. The molecule has 1 N–H and O–H groups in total. The maximum absolute atomic E-state index is 12.7. The van der Waals surface area contributed by atoms with Crippen molar-refractivity contribution in [2.75, 3.05) is 6.61 Å². The lowest BCUT2D eigenvalue weighted by atomic mass is 10.0. The summed E-state index contributed by atoms with van der Waals surface area (Å²) in [5.74, 6) is -2.91. The SMILES string of the molecule is CCC(COc1c(C)cc(-c2noc(C(F)(F)F)n2)cc1C)c1nc(C(F)(F)F)n[nH]1. The topological polar surface area (TPSA) is 89.7 Å². The van der Waals surface area contributed by atoms with Crippen molar-refractivity contribution in [2.45, 2.75) is 45.5 Å². The van der Waals surface area contributed by atoms with E-state index in [1.807, 2.05) is 0 Å². The van der Waals surface area contributed by atoms with Gasteiger partial charge in [0.2, 0.25) is 5.82 Å². The van der Waals surface area contributed by atoms with Crippen molar-refractivity contribution in [2.24, 2.45) is 0 Å². The second-order valence-corrected chi connectivity index (χ2v) is 6.82. The molecule has 0 aliphatic carbocycles. The van der Waals surface area contributed by atoms with Gasteiger partial charge in [-0.3, -0.25) is 5.10 Å². The maximum atomic E-state index is 12.7. The minimum absolute atomic E-state index is 0.0183. The number of rotatable bonds is 6. The fraction of sp³-hybridized carbons (Fsp3) is 0.444. The molecule has 2 heterocycles. The molecule has 13 heteroatoms. The molecule has 168 valence electrons. The van der Waals surface area contributed by atoms with Crippen LogP contribution in [0.4, 0.5) is 26.3 Å². The van der Waals surface area contributed by atoms with E-state index in [9.17, 15) is 26.3 Å². The summed E-state index contributed by atoms with van der Waals surface area (Å²) in [5.41, 5.74) is 1.47. The third-order valence-electron chi connectivity index (χ3n) is 4.45. The van der Waals surface area contributed by atoms with Crippen molar-refractivity contribution in [3.05, 3.63) is 40.8 Å². The molecule has 1 atom stereocenters. The quantitative estimate of drug-likeness (QED) is 0.528. The highest BCUT2D eigenvalue weighted by Gasteiger charge is 2.39. The number of aryl methyl sites for hydroxylation is 2. The van der Waals surface area contributed by atoms with Gasteiger partial charge in [-0.15, -0.1) is 5.10 Å². The minimum Gasteiger partial charge on any atom is -0.492 e. The largest absolute Gasteiger partial charge is 0.492 e. The van der Waals surface area contributed by atoms with Gasteiger partial charge in [0.15, 0.2) is 0 Å². The number of aromatic nitrogens is 5. The Balaban J connectivity index is 1.77. The standard InChI is InChI=1S/C18H17F6N5O2/c1-4-10(13-25-15(28-27-13)17(19,20)21)7-30-12-8(2)5-11(6-9(12)3)14-26-16(31-29-14)18(22,23)24/h5-6,10H,4,7H2,1-3H3,(H,25,27,28). The number of hydrogen-bond donors (Lipinski definition) is 1. The molecule has 0 amide bonds. The number of halogens is 6. The van der Waals surface area contributed by atoms with E-state index in [-0.39, 0.29) is 18.3 Å². The number of aromatic amines is 1. The molecule has 0 spiro atoms. The van der Waals surface area contributed by atoms with Crippen LogP contribution in [-0.4, -0.2) is 31.9 Å². The smallest absolute Gasteiger partial charge is 0.471 e. The molecule has 1 aromatic carbocycles. The van der Waals surface area contributed by atoms with Crippen molar-refractivity contribution in [1.29, 1.82) is 0 Å². The van der Waals surface area contributed by atoms with Gasteiger partial charge < -0.3 is 9.26 Å². The molecule has 0 bridgehead atoms. The number of nitrogens with one attached hydrogen (secondary N) is 1. The van der Waals surface area contributed by atoms with Gasteiger partial charge in [-0.2, -0.15) is 31.3 Å². The van der Waals surface area contributed by atoms with Crippen LogP contribution in [0.3, 0.4) is 0 Å². The van der Waals surface area contributed by atoms with E-state index in [0.717, 1.165) is 0 Å². The van der Waals surface area contributed by atoms with Gasteiger partial charge in [-0.25, -0.2) is 4.98 Å². The third-order valence-corrected chi connectivity index (χ3v) is 4.45. The van der Waals surface area contributed by atoms with Crippen LogP contribution >= 0.6 is 0 Å². The van der Waals surface area contributed by atoms with E-state index in [1.165, 1.54) is 12.1 Å². The second-order valence-electron chi connectivity index (χ2n) is 6.82. The molecule has 1 unspecified atom stereocenters. The summed E-state index contributed by atoms with van der Waals surface area (Å²) in [6, 6.07) is 3.06. The fourth-order valence-corrected chi connectivity index (χ4v) is 2.92. The Hall–Kier alpha value is -3.12. The van der Waals surface area contributed by atoms with E-state index < -0.39 is 30.0 Å². The molecule has 0 saturated carbocycles. The van der Waals surface area contributed by atoms with Crippen LogP contribution in [-0.2, 0) is 12.4 Å². The Morgan fingerprint density at radius 3 is 2.16 bits per heavy atom. The lowest BCUT2D eigenvalue weighted by Gasteiger charge is -2.17. The van der Waals surface area contributed by atoms with Crippen LogP contribution in [0.25, 0.3) is 11.4 Å².